The van der Waals surface area contributed by atoms with Crippen molar-refractivity contribution < 1.29 is 18.0 Å². The van der Waals surface area contributed by atoms with Crippen LogP contribution in [-0.4, -0.2) is 24.7 Å². The van der Waals surface area contributed by atoms with Gasteiger partial charge in [-0.3, -0.25) is 4.79 Å². The molecule has 3 rings (SSSR count). The number of anilines is 1. The second-order valence-corrected chi connectivity index (χ2v) is 8.59. The van der Waals surface area contributed by atoms with Crippen LogP contribution in [0, 0.1) is 0 Å². The quantitative estimate of drug-likeness (QED) is 0.484. The molecule has 0 bridgehead atoms. The van der Waals surface area contributed by atoms with Crippen molar-refractivity contribution in [3.05, 3.63) is 63.7 Å². The van der Waals surface area contributed by atoms with E-state index in [4.69, 9.17) is 11.6 Å². The molecule has 1 amide bonds. The Morgan fingerprint density at radius 2 is 2.00 bits per heavy atom. The first-order valence-corrected chi connectivity index (χ1v) is 9.86. The molecule has 2 aromatic rings. The molecule has 1 aliphatic heterocycles. The van der Waals surface area contributed by atoms with Gasteiger partial charge in [-0.1, -0.05) is 24.6 Å². The minimum Gasteiger partial charge on any atom is -0.369 e. The molecule has 0 saturated carbocycles. The molecule has 1 aliphatic rings. The van der Waals surface area contributed by atoms with Crippen molar-refractivity contribution in [2.24, 2.45) is 5.10 Å². The van der Waals surface area contributed by atoms with Crippen molar-refractivity contribution in [2.45, 2.75) is 44.8 Å². The Kier molecular flexibility index (Phi) is 5.87. The smallest absolute Gasteiger partial charge is 0.369 e. The number of halogens is 4. The number of hydrogen-bond donors (Lipinski definition) is 1. The molecular weight excluding hydrogens is 415 g/mol. The molecule has 0 aliphatic carbocycles. The molecule has 0 radical (unpaired) electrons. The highest BCUT2D eigenvalue weighted by molar-refractivity contribution is 6.33. The fourth-order valence-electron chi connectivity index (χ4n) is 3.77. The number of fused-ring (bicyclic) bond motifs is 1. The van der Waals surface area contributed by atoms with Crippen LogP contribution in [-0.2, 0) is 6.18 Å². The Bertz CT molecular complexity index is 1000. The van der Waals surface area contributed by atoms with Crippen LogP contribution in [0.5, 0.6) is 0 Å². The maximum absolute atomic E-state index is 12.8. The molecule has 1 heterocycles. The zero-order chi connectivity index (χ0) is 22.3. The molecule has 2 aromatic carbocycles. The molecule has 0 saturated heterocycles. The molecular formula is C22H23ClF3N3O. The van der Waals surface area contributed by atoms with Crippen molar-refractivity contribution >= 4 is 29.4 Å². The summed E-state index contributed by atoms with van der Waals surface area (Å²) < 4.78 is 38.4. The summed E-state index contributed by atoms with van der Waals surface area (Å²) in [6.07, 6.45) is -2.14. The molecule has 1 atom stereocenters. The van der Waals surface area contributed by atoms with Crippen molar-refractivity contribution in [1.29, 1.82) is 0 Å². The average Bonchev–Trinajstić information content (AvgIpc) is 2.66. The van der Waals surface area contributed by atoms with E-state index in [1.54, 1.807) is 0 Å². The number of benzene rings is 2. The minimum absolute atomic E-state index is 0.00424. The topological polar surface area (TPSA) is 44.7 Å². The molecule has 160 valence electrons. The lowest BCUT2D eigenvalue weighted by Crippen LogP contribution is -2.45. The maximum atomic E-state index is 12.8. The number of carbonyl (C=O) groups excluding carboxylic acids is 1. The largest absolute Gasteiger partial charge is 0.416 e. The van der Waals surface area contributed by atoms with Gasteiger partial charge in [-0.05, 0) is 62.1 Å². The highest BCUT2D eigenvalue weighted by Crippen LogP contribution is 2.44. The SMILES string of the molecule is C[C@H]1CC(C)(C)N(C)c2cc(Cl)c(/C=N\NC(=O)c3cccc(C(F)(F)F)c3)cc21. The third kappa shape index (κ3) is 4.46. The van der Waals surface area contributed by atoms with Gasteiger partial charge in [0, 0.05) is 29.4 Å². The van der Waals surface area contributed by atoms with Crippen LogP contribution in [0.25, 0.3) is 0 Å². The lowest BCUT2D eigenvalue weighted by atomic mass is 9.80. The van der Waals surface area contributed by atoms with Crippen LogP contribution in [0.1, 0.15) is 60.2 Å². The number of nitrogens with zero attached hydrogens (tertiary/aromatic N) is 2. The van der Waals surface area contributed by atoms with E-state index in [-0.39, 0.29) is 11.1 Å². The van der Waals surface area contributed by atoms with E-state index in [0.29, 0.717) is 16.5 Å². The Labute approximate surface area is 178 Å². The van der Waals surface area contributed by atoms with Gasteiger partial charge in [-0.25, -0.2) is 5.43 Å². The van der Waals surface area contributed by atoms with Crippen LogP contribution < -0.4 is 10.3 Å². The van der Waals surface area contributed by atoms with Crippen LogP contribution in [0.2, 0.25) is 5.02 Å². The second-order valence-electron chi connectivity index (χ2n) is 8.19. The van der Waals surface area contributed by atoms with Gasteiger partial charge < -0.3 is 4.90 Å². The molecule has 0 fully saturated rings. The third-order valence-corrected chi connectivity index (χ3v) is 5.90. The second kappa shape index (κ2) is 7.95. The Hall–Kier alpha value is -2.54. The van der Waals surface area contributed by atoms with E-state index >= 15 is 0 Å². The van der Waals surface area contributed by atoms with E-state index in [9.17, 15) is 18.0 Å². The number of amides is 1. The number of nitrogens with one attached hydrogen (secondary N) is 1. The normalized spacial score (nSPS) is 18.4. The first-order valence-electron chi connectivity index (χ1n) is 9.48. The van der Waals surface area contributed by atoms with Gasteiger partial charge in [0.1, 0.15) is 0 Å². The van der Waals surface area contributed by atoms with Gasteiger partial charge in [0.05, 0.1) is 16.8 Å². The predicted molar refractivity (Wildman–Crippen MR) is 113 cm³/mol. The first-order chi connectivity index (χ1) is 13.9. The summed E-state index contributed by atoms with van der Waals surface area (Å²) in [5.41, 5.74) is 4.05. The summed E-state index contributed by atoms with van der Waals surface area (Å²) in [5, 5.41) is 4.36. The van der Waals surface area contributed by atoms with Gasteiger partial charge in [0.2, 0.25) is 0 Å². The standard InChI is InChI=1S/C22H23ClF3N3O/c1-13-11-21(2,3)29(4)19-10-18(23)15(9-17(13)19)12-27-28-20(30)14-6-5-7-16(8-14)22(24,25)26/h5-10,12-13H,11H2,1-4H3,(H,28,30)/b27-12-/t13-/m0/s1. The fraction of sp³-hybridized carbons (Fsp3) is 0.364. The number of hydrogen-bond acceptors (Lipinski definition) is 3. The van der Waals surface area contributed by atoms with Gasteiger partial charge in [0.15, 0.2) is 0 Å². The van der Waals surface area contributed by atoms with E-state index in [1.807, 2.05) is 19.2 Å². The van der Waals surface area contributed by atoms with Crippen LogP contribution >= 0.6 is 11.6 Å². The van der Waals surface area contributed by atoms with Crippen molar-refractivity contribution in [1.82, 2.24) is 5.43 Å². The number of carbonyl (C=O) groups is 1. The van der Waals surface area contributed by atoms with Crippen molar-refractivity contribution in [3.63, 3.8) is 0 Å². The Morgan fingerprint density at radius 1 is 1.30 bits per heavy atom. The molecule has 0 unspecified atom stereocenters. The Morgan fingerprint density at radius 3 is 2.67 bits per heavy atom. The zero-order valence-corrected chi connectivity index (χ0v) is 17.9. The molecule has 4 nitrogen and oxygen atoms in total. The summed E-state index contributed by atoms with van der Waals surface area (Å²) in [6, 6.07) is 7.99. The predicted octanol–water partition coefficient (Wildman–Crippen LogP) is 5.84. The summed E-state index contributed by atoms with van der Waals surface area (Å²) >= 11 is 6.41. The van der Waals surface area contributed by atoms with E-state index in [1.165, 1.54) is 18.3 Å². The zero-order valence-electron chi connectivity index (χ0n) is 17.1. The van der Waals surface area contributed by atoms with Crippen LogP contribution in [0.15, 0.2) is 41.5 Å². The summed E-state index contributed by atoms with van der Waals surface area (Å²) in [7, 11) is 2.03. The van der Waals surface area contributed by atoms with Crippen LogP contribution in [0.3, 0.4) is 0 Å². The number of alkyl halides is 3. The third-order valence-electron chi connectivity index (χ3n) is 5.57. The number of hydrazone groups is 1. The van der Waals surface area contributed by atoms with Crippen LogP contribution in [0.4, 0.5) is 18.9 Å². The molecule has 30 heavy (non-hydrogen) atoms. The summed E-state index contributed by atoms with van der Waals surface area (Å²) in [4.78, 5) is 14.4. The van der Waals surface area contributed by atoms with E-state index < -0.39 is 17.6 Å². The lowest BCUT2D eigenvalue weighted by Gasteiger charge is -2.45. The van der Waals surface area contributed by atoms with Gasteiger partial charge >= 0.3 is 6.18 Å². The van der Waals surface area contributed by atoms with Gasteiger partial charge in [-0.15, -0.1) is 0 Å². The number of rotatable bonds is 3. The molecule has 8 heteroatoms. The Balaban J connectivity index is 1.79. The summed E-state index contributed by atoms with van der Waals surface area (Å²) in [6.45, 7) is 6.51. The highest BCUT2D eigenvalue weighted by Gasteiger charge is 2.34. The van der Waals surface area contributed by atoms with Gasteiger partial charge in [0.25, 0.3) is 5.91 Å². The summed E-state index contributed by atoms with van der Waals surface area (Å²) in [5.74, 6) is -0.420. The molecule has 0 spiro atoms. The monoisotopic (exact) mass is 437 g/mol. The minimum atomic E-state index is -4.52. The van der Waals surface area contributed by atoms with Gasteiger partial charge in [-0.2, -0.15) is 18.3 Å². The first kappa shape index (κ1) is 22.2. The fourth-order valence-corrected chi connectivity index (χ4v) is 3.97. The lowest BCUT2D eigenvalue weighted by molar-refractivity contribution is -0.137. The molecule has 0 aromatic heterocycles. The van der Waals surface area contributed by atoms with Crippen molar-refractivity contribution in [3.8, 4) is 0 Å². The average molecular weight is 438 g/mol. The maximum Gasteiger partial charge on any atom is 0.416 e. The van der Waals surface area contributed by atoms with E-state index in [2.05, 4.69) is 36.2 Å². The van der Waals surface area contributed by atoms with E-state index in [0.717, 1.165) is 29.8 Å². The highest BCUT2D eigenvalue weighted by atomic mass is 35.5. The van der Waals surface area contributed by atoms with Crippen molar-refractivity contribution in [2.75, 3.05) is 11.9 Å². The molecule has 1 N–H and O–H groups in total.